The van der Waals surface area contributed by atoms with Crippen LogP contribution in [0.25, 0.3) is 0 Å². The van der Waals surface area contributed by atoms with Crippen molar-refractivity contribution in [1.29, 1.82) is 0 Å². The molecule has 1 aliphatic carbocycles. The zero-order valence-electron chi connectivity index (χ0n) is 13.0. The minimum absolute atomic E-state index is 0.106. The van der Waals surface area contributed by atoms with Gasteiger partial charge in [-0.3, -0.25) is 0 Å². The molecule has 0 aromatic carbocycles. The number of nitrogens with one attached hydrogen (secondary N) is 2. The second-order valence-corrected chi connectivity index (χ2v) is 8.65. The molecule has 21 heavy (non-hydrogen) atoms. The molecule has 0 spiro atoms. The molecule has 2 fully saturated rings. The summed E-state index contributed by atoms with van der Waals surface area (Å²) in [5.74, 6) is 0. The second kappa shape index (κ2) is 6.52. The highest BCUT2D eigenvalue weighted by molar-refractivity contribution is 7.87. The maximum absolute atomic E-state index is 12.2. The monoisotopic (exact) mass is 317 g/mol. The van der Waals surface area contributed by atoms with Gasteiger partial charge in [-0.15, -0.1) is 0 Å². The third-order valence-electron chi connectivity index (χ3n) is 4.58. The molecular formula is C14H27N3O3S. The Morgan fingerprint density at radius 1 is 1.10 bits per heavy atom. The van der Waals surface area contributed by atoms with Crippen LogP contribution in [0, 0.1) is 5.41 Å². The zero-order valence-corrected chi connectivity index (χ0v) is 13.8. The van der Waals surface area contributed by atoms with Gasteiger partial charge < -0.3 is 5.32 Å². The lowest BCUT2D eigenvalue weighted by Crippen LogP contribution is -2.52. The predicted octanol–water partition coefficient (Wildman–Crippen LogP) is 1.99. The summed E-state index contributed by atoms with van der Waals surface area (Å²) in [5, 5.41) is 2.77. The molecule has 6 nitrogen and oxygen atoms in total. The number of carbonyl (C=O) groups excluding carboxylic acids is 1. The molecular weight excluding hydrogens is 290 g/mol. The van der Waals surface area contributed by atoms with Gasteiger partial charge >= 0.3 is 16.2 Å². The van der Waals surface area contributed by atoms with Crippen molar-refractivity contribution in [2.75, 3.05) is 13.1 Å². The third kappa shape index (κ3) is 4.85. The standard InChI is InChI=1S/C14H27N3O3S/c1-14(2)8-10-17(11-9-14)21(19,20)16-13(18)15-12-6-4-3-5-7-12/h12H,3-11H2,1-2H3,(H2,15,16,18). The first-order valence-electron chi connectivity index (χ1n) is 7.87. The van der Waals surface area contributed by atoms with Gasteiger partial charge in [0.2, 0.25) is 0 Å². The molecule has 2 N–H and O–H groups in total. The van der Waals surface area contributed by atoms with E-state index in [0.717, 1.165) is 38.5 Å². The van der Waals surface area contributed by atoms with E-state index in [9.17, 15) is 13.2 Å². The molecule has 1 aliphatic heterocycles. The van der Waals surface area contributed by atoms with E-state index in [1.807, 2.05) is 0 Å². The van der Waals surface area contributed by atoms with Gasteiger partial charge in [0.1, 0.15) is 0 Å². The van der Waals surface area contributed by atoms with Gasteiger partial charge in [0, 0.05) is 19.1 Å². The number of carbonyl (C=O) groups is 1. The third-order valence-corrected chi connectivity index (χ3v) is 6.07. The lowest BCUT2D eigenvalue weighted by molar-refractivity contribution is 0.194. The van der Waals surface area contributed by atoms with Crippen molar-refractivity contribution in [2.45, 2.75) is 64.8 Å². The van der Waals surface area contributed by atoms with E-state index in [1.165, 1.54) is 10.7 Å². The summed E-state index contributed by atoms with van der Waals surface area (Å²) in [6, 6.07) is -0.485. The number of rotatable bonds is 3. The van der Waals surface area contributed by atoms with E-state index in [2.05, 4.69) is 23.9 Å². The van der Waals surface area contributed by atoms with Crippen molar-refractivity contribution in [3.63, 3.8) is 0 Å². The lowest BCUT2D eigenvalue weighted by Gasteiger charge is -2.36. The first kappa shape index (κ1) is 16.5. The molecule has 0 aromatic rings. The molecule has 7 heteroatoms. The van der Waals surface area contributed by atoms with Crippen LogP contribution in [0.3, 0.4) is 0 Å². The van der Waals surface area contributed by atoms with E-state index < -0.39 is 16.2 Å². The Hall–Kier alpha value is -0.820. The molecule has 1 saturated heterocycles. The minimum atomic E-state index is -3.71. The smallest absolute Gasteiger partial charge is 0.329 e. The summed E-state index contributed by atoms with van der Waals surface area (Å²) in [6.07, 6.45) is 6.90. The van der Waals surface area contributed by atoms with Crippen LogP contribution < -0.4 is 10.0 Å². The van der Waals surface area contributed by atoms with Crippen molar-refractivity contribution in [3.05, 3.63) is 0 Å². The Morgan fingerprint density at radius 2 is 1.67 bits per heavy atom. The number of nitrogens with zero attached hydrogens (tertiary/aromatic N) is 1. The molecule has 0 aromatic heterocycles. The molecule has 2 rings (SSSR count). The normalized spacial score (nSPS) is 24.5. The topological polar surface area (TPSA) is 78.5 Å². The molecule has 0 bridgehead atoms. The first-order valence-corrected chi connectivity index (χ1v) is 9.31. The zero-order chi connectivity index (χ0) is 15.5. The number of piperidine rings is 1. The highest BCUT2D eigenvalue weighted by atomic mass is 32.2. The summed E-state index contributed by atoms with van der Waals surface area (Å²) in [7, 11) is -3.71. The van der Waals surface area contributed by atoms with Gasteiger partial charge in [0.15, 0.2) is 0 Å². The van der Waals surface area contributed by atoms with E-state index in [0.29, 0.717) is 13.1 Å². The Morgan fingerprint density at radius 3 is 2.24 bits per heavy atom. The number of amides is 2. The maximum atomic E-state index is 12.2. The molecule has 0 atom stereocenters. The summed E-state index contributed by atoms with van der Waals surface area (Å²) in [5.41, 5.74) is 0.177. The first-order chi connectivity index (χ1) is 9.78. The molecule has 0 unspecified atom stereocenters. The Labute approximate surface area is 127 Å². The van der Waals surface area contributed by atoms with Gasteiger partial charge in [0.25, 0.3) is 0 Å². The Bertz CT molecular complexity index is 460. The van der Waals surface area contributed by atoms with Gasteiger partial charge in [-0.1, -0.05) is 33.1 Å². The van der Waals surface area contributed by atoms with Crippen LogP contribution in [-0.4, -0.2) is 37.9 Å². The quantitative estimate of drug-likeness (QED) is 0.835. The van der Waals surface area contributed by atoms with Gasteiger partial charge in [-0.25, -0.2) is 9.52 Å². The van der Waals surface area contributed by atoms with Crippen LogP contribution in [0.1, 0.15) is 58.8 Å². The molecule has 2 aliphatic rings. The van der Waals surface area contributed by atoms with Gasteiger partial charge in [0.05, 0.1) is 0 Å². The fraction of sp³-hybridized carbons (Fsp3) is 0.929. The van der Waals surface area contributed by atoms with E-state index >= 15 is 0 Å². The highest BCUT2D eigenvalue weighted by Gasteiger charge is 2.32. The van der Waals surface area contributed by atoms with Crippen LogP contribution in [0.15, 0.2) is 0 Å². The largest absolute Gasteiger partial charge is 0.335 e. The maximum Gasteiger partial charge on any atom is 0.329 e. The lowest BCUT2D eigenvalue weighted by atomic mass is 9.83. The Balaban J connectivity index is 1.84. The van der Waals surface area contributed by atoms with E-state index in [4.69, 9.17) is 0 Å². The summed E-state index contributed by atoms with van der Waals surface area (Å²) < 4.78 is 27.9. The number of hydrogen-bond acceptors (Lipinski definition) is 3. The SMILES string of the molecule is CC1(C)CCN(S(=O)(=O)NC(=O)NC2CCCCC2)CC1. The number of urea groups is 1. The van der Waals surface area contributed by atoms with Crippen LogP contribution in [0.2, 0.25) is 0 Å². The van der Waals surface area contributed by atoms with Crippen molar-refractivity contribution >= 4 is 16.2 Å². The van der Waals surface area contributed by atoms with Gasteiger partial charge in [-0.05, 0) is 31.1 Å². The fourth-order valence-corrected chi connectivity index (χ4v) is 4.06. The predicted molar refractivity (Wildman–Crippen MR) is 82.0 cm³/mol. The average Bonchev–Trinajstić information content (AvgIpc) is 2.38. The van der Waals surface area contributed by atoms with Crippen molar-refractivity contribution in [1.82, 2.24) is 14.3 Å². The van der Waals surface area contributed by atoms with Gasteiger partial charge in [-0.2, -0.15) is 12.7 Å². The summed E-state index contributed by atoms with van der Waals surface area (Å²) in [4.78, 5) is 11.9. The molecule has 1 heterocycles. The molecule has 122 valence electrons. The van der Waals surface area contributed by atoms with E-state index in [-0.39, 0.29) is 11.5 Å². The fourth-order valence-electron chi connectivity index (χ4n) is 2.98. The van der Waals surface area contributed by atoms with Crippen LogP contribution in [0.4, 0.5) is 4.79 Å². The minimum Gasteiger partial charge on any atom is -0.335 e. The second-order valence-electron chi connectivity index (χ2n) is 6.98. The summed E-state index contributed by atoms with van der Waals surface area (Å²) >= 11 is 0. The van der Waals surface area contributed by atoms with Crippen molar-refractivity contribution in [2.24, 2.45) is 5.41 Å². The highest BCUT2D eigenvalue weighted by Crippen LogP contribution is 2.30. The van der Waals surface area contributed by atoms with Crippen LogP contribution in [-0.2, 0) is 10.2 Å². The van der Waals surface area contributed by atoms with Crippen LogP contribution >= 0.6 is 0 Å². The average molecular weight is 317 g/mol. The van der Waals surface area contributed by atoms with Crippen molar-refractivity contribution in [3.8, 4) is 0 Å². The number of hydrogen-bond donors (Lipinski definition) is 2. The van der Waals surface area contributed by atoms with Crippen LogP contribution in [0.5, 0.6) is 0 Å². The molecule has 1 saturated carbocycles. The molecule has 2 amide bonds. The van der Waals surface area contributed by atoms with Crippen molar-refractivity contribution < 1.29 is 13.2 Å². The van der Waals surface area contributed by atoms with E-state index in [1.54, 1.807) is 0 Å². The Kier molecular flexibility index (Phi) is 5.14. The summed E-state index contributed by atoms with van der Waals surface area (Å²) in [6.45, 7) is 5.22. The molecule has 0 radical (unpaired) electrons.